The fraction of sp³-hybridized carbons (Fsp3) is 0.190. The van der Waals surface area contributed by atoms with Crippen LogP contribution in [0.2, 0.25) is 0 Å². The second-order valence-electron chi connectivity index (χ2n) is 6.61. The van der Waals surface area contributed by atoms with E-state index in [2.05, 4.69) is 25.6 Å². The van der Waals surface area contributed by atoms with E-state index in [1.54, 1.807) is 19.3 Å². The Kier molecular flexibility index (Phi) is 5.15. The number of hydrogen-bond acceptors (Lipinski definition) is 7. The van der Waals surface area contributed by atoms with Crippen molar-refractivity contribution in [1.29, 1.82) is 0 Å². The number of nitrogens with one attached hydrogen (secondary N) is 1. The lowest BCUT2D eigenvalue weighted by Gasteiger charge is -2.09. The average molecular weight is 389 g/mol. The molecule has 3 heterocycles. The van der Waals surface area contributed by atoms with Gasteiger partial charge in [0.05, 0.1) is 18.5 Å². The van der Waals surface area contributed by atoms with Gasteiger partial charge in [-0.25, -0.2) is 0 Å². The maximum Gasteiger partial charge on any atom is 0.231 e. The quantitative estimate of drug-likeness (QED) is 0.538. The summed E-state index contributed by atoms with van der Waals surface area (Å²) in [7, 11) is 0. The maximum atomic E-state index is 12.5. The van der Waals surface area contributed by atoms with Crippen molar-refractivity contribution in [2.45, 2.75) is 26.7 Å². The number of pyridine rings is 1. The third-order valence-electron chi connectivity index (χ3n) is 4.56. The molecule has 8 nitrogen and oxygen atoms in total. The van der Waals surface area contributed by atoms with Crippen LogP contribution < -0.4 is 5.32 Å². The topological polar surface area (TPSA) is 107 Å². The van der Waals surface area contributed by atoms with Gasteiger partial charge >= 0.3 is 0 Å². The van der Waals surface area contributed by atoms with E-state index in [1.807, 2.05) is 43.3 Å². The van der Waals surface area contributed by atoms with Gasteiger partial charge in [-0.05, 0) is 37.6 Å². The molecule has 0 fully saturated rings. The molecule has 0 spiro atoms. The molecule has 0 aliphatic heterocycles. The van der Waals surface area contributed by atoms with Gasteiger partial charge < -0.3 is 14.4 Å². The molecule has 146 valence electrons. The number of nitrogens with zero attached hydrogens (tertiary/aromatic N) is 4. The summed E-state index contributed by atoms with van der Waals surface area (Å²) in [6.07, 6.45) is 3.95. The molecule has 1 amide bonds. The van der Waals surface area contributed by atoms with E-state index in [0.29, 0.717) is 29.6 Å². The van der Waals surface area contributed by atoms with Crippen molar-refractivity contribution < 1.29 is 13.8 Å². The summed E-state index contributed by atoms with van der Waals surface area (Å²) in [5, 5.41) is 10.9. The zero-order valence-corrected chi connectivity index (χ0v) is 16.0. The lowest BCUT2D eigenvalue weighted by Crippen LogP contribution is -2.16. The van der Waals surface area contributed by atoms with Gasteiger partial charge in [0.1, 0.15) is 5.76 Å². The molecule has 8 heteroatoms. The van der Waals surface area contributed by atoms with E-state index in [0.717, 1.165) is 22.4 Å². The van der Waals surface area contributed by atoms with Crippen molar-refractivity contribution in [3.05, 3.63) is 77.3 Å². The third kappa shape index (κ3) is 4.21. The third-order valence-corrected chi connectivity index (χ3v) is 4.56. The molecule has 0 unspecified atom stereocenters. The van der Waals surface area contributed by atoms with Crippen LogP contribution in [0, 0.1) is 13.8 Å². The number of aromatic nitrogens is 4. The van der Waals surface area contributed by atoms with Crippen LogP contribution in [0.5, 0.6) is 0 Å². The highest BCUT2D eigenvalue weighted by molar-refractivity contribution is 5.93. The SMILES string of the molecule is Cc1noc(C)c1CC(=O)Nc1ccccc1Cc1nc(-c2ccncc2)no1. The smallest absolute Gasteiger partial charge is 0.231 e. The summed E-state index contributed by atoms with van der Waals surface area (Å²) < 4.78 is 10.5. The second kappa shape index (κ2) is 8.05. The van der Waals surface area contributed by atoms with Crippen molar-refractivity contribution >= 4 is 11.6 Å². The van der Waals surface area contributed by atoms with Gasteiger partial charge in [-0.3, -0.25) is 9.78 Å². The molecule has 4 aromatic rings. The Morgan fingerprint density at radius 3 is 2.59 bits per heavy atom. The van der Waals surface area contributed by atoms with Crippen molar-refractivity contribution in [3.8, 4) is 11.4 Å². The molecular formula is C21H19N5O3. The number of carbonyl (C=O) groups is 1. The highest BCUT2D eigenvalue weighted by atomic mass is 16.5. The van der Waals surface area contributed by atoms with Crippen LogP contribution in [0.3, 0.4) is 0 Å². The molecular weight excluding hydrogens is 370 g/mol. The van der Waals surface area contributed by atoms with Gasteiger partial charge in [0.25, 0.3) is 0 Å². The van der Waals surface area contributed by atoms with Gasteiger partial charge in [0, 0.05) is 29.2 Å². The van der Waals surface area contributed by atoms with Gasteiger partial charge in [-0.1, -0.05) is 28.5 Å². The van der Waals surface area contributed by atoms with Crippen LogP contribution in [0.25, 0.3) is 11.4 Å². The van der Waals surface area contributed by atoms with Crippen molar-refractivity contribution in [3.63, 3.8) is 0 Å². The van der Waals surface area contributed by atoms with E-state index in [-0.39, 0.29) is 12.3 Å². The molecule has 1 N–H and O–H groups in total. The van der Waals surface area contributed by atoms with Crippen molar-refractivity contribution in [1.82, 2.24) is 20.3 Å². The Bertz CT molecular complexity index is 1110. The maximum absolute atomic E-state index is 12.5. The summed E-state index contributed by atoms with van der Waals surface area (Å²) in [5.74, 6) is 1.47. The Morgan fingerprint density at radius 2 is 1.83 bits per heavy atom. The Morgan fingerprint density at radius 1 is 1.03 bits per heavy atom. The summed E-state index contributed by atoms with van der Waals surface area (Å²) >= 11 is 0. The molecule has 0 atom stereocenters. The minimum Gasteiger partial charge on any atom is -0.361 e. The number of benzene rings is 1. The molecule has 0 saturated heterocycles. The first kappa shape index (κ1) is 18.5. The summed E-state index contributed by atoms with van der Waals surface area (Å²) in [5.41, 5.74) is 3.94. The number of carbonyl (C=O) groups excluding carboxylic acids is 1. The minimum absolute atomic E-state index is 0.144. The lowest BCUT2D eigenvalue weighted by molar-refractivity contribution is -0.115. The van der Waals surface area contributed by atoms with Crippen LogP contribution in [0.4, 0.5) is 5.69 Å². The van der Waals surface area contributed by atoms with Crippen LogP contribution in [-0.4, -0.2) is 26.2 Å². The van der Waals surface area contributed by atoms with Gasteiger partial charge in [0.2, 0.25) is 17.6 Å². The fourth-order valence-electron chi connectivity index (χ4n) is 3.01. The molecule has 29 heavy (non-hydrogen) atoms. The highest BCUT2D eigenvalue weighted by Gasteiger charge is 2.16. The Hall–Kier alpha value is -3.81. The Balaban J connectivity index is 1.49. The van der Waals surface area contributed by atoms with Crippen LogP contribution in [0.15, 0.2) is 57.8 Å². The number of hydrogen-bond donors (Lipinski definition) is 1. The van der Waals surface area contributed by atoms with Gasteiger partial charge in [-0.15, -0.1) is 0 Å². The van der Waals surface area contributed by atoms with Crippen LogP contribution in [0.1, 0.15) is 28.5 Å². The van der Waals surface area contributed by atoms with Crippen molar-refractivity contribution in [2.24, 2.45) is 0 Å². The summed E-state index contributed by atoms with van der Waals surface area (Å²) in [4.78, 5) is 21.0. The van der Waals surface area contributed by atoms with Gasteiger partial charge in [0.15, 0.2) is 0 Å². The minimum atomic E-state index is -0.144. The van der Waals surface area contributed by atoms with Gasteiger partial charge in [-0.2, -0.15) is 4.98 Å². The van der Waals surface area contributed by atoms with Crippen molar-refractivity contribution in [2.75, 3.05) is 5.32 Å². The zero-order valence-electron chi connectivity index (χ0n) is 16.0. The number of aryl methyl sites for hydroxylation is 2. The van der Waals surface area contributed by atoms with E-state index in [4.69, 9.17) is 9.05 Å². The molecule has 4 rings (SSSR count). The zero-order chi connectivity index (χ0) is 20.2. The number of rotatable bonds is 6. The van der Waals surface area contributed by atoms with E-state index in [1.165, 1.54) is 0 Å². The normalized spacial score (nSPS) is 10.8. The predicted octanol–water partition coefficient (Wildman–Crippen LogP) is 3.51. The first-order valence-corrected chi connectivity index (χ1v) is 9.12. The molecule has 0 aliphatic carbocycles. The van der Waals surface area contributed by atoms with E-state index >= 15 is 0 Å². The van der Waals surface area contributed by atoms with E-state index in [9.17, 15) is 4.79 Å². The average Bonchev–Trinajstić information content (AvgIpc) is 3.32. The number of anilines is 1. The standard InChI is InChI=1S/C21H19N5O3/c1-13-17(14(2)28-25-13)12-19(27)23-18-6-4-3-5-16(18)11-20-24-21(26-29-20)15-7-9-22-10-8-15/h3-10H,11-12H2,1-2H3,(H,23,27). The second-order valence-corrected chi connectivity index (χ2v) is 6.61. The molecule has 0 saturated carbocycles. The number of amides is 1. The van der Waals surface area contributed by atoms with E-state index < -0.39 is 0 Å². The predicted molar refractivity (Wildman–Crippen MR) is 105 cm³/mol. The molecule has 0 bridgehead atoms. The van der Waals surface area contributed by atoms with Crippen LogP contribution >= 0.6 is 0 Å². The summed E-state index contributed by atoms with van der Waals surface area (Å²) in [6, 6.07) is 11.2. The molecule has 0 radical (unpaired) electrons. The highest BCUT2D eigenvalue weighted by Crippen LogP contribution is 2.21. The fourth-order valence-corrected chi connectivity index (χ4v) is 3.01. The molecule has 1 aromatic carbocycles. The first-order chi connectivity index (χ1) is 14.1. The largest absolute Gasteiger partial charge is 0.361 e. The van der Waals surface area contributed by atoms with Crippen LogP contribution in [-0.2, 0) is 17.6 Å². The molecule has 0 aliphatic rings. The monoisotopic (exact) mass is 389 g/mol. The number of para-hydroxylation sites is 1. The lowest BCUT2D eigenvalue weighted by atomic mass is 10.1. The molecule has 3 aromatic heterocycles. The first-order valence-electron chi connectivity index (χ1n) is 9.12. The summed E-state index contributed by atoms with van der Waals surface area (Å²) in [6.45, 7) is 3.62. The Labute approximate surface area is 167 Å².